The minimum absolute atomic E-state index is 0.0625. The first kappa shape index (κ1) is 53.7. The summed E-state index contributed by atoms with van der Waals surface area (Å²) < 4.78 is 28.9. The van der Waals surface area contributed by atoms with E-state index in [1.165, 1.54) is 5.56 Å². The molecule has 0 aliphatic rings. The number of hydrogen-bond acceptors (Lipinski definition) is 9. The van der Waals surface area contributed by atoms with E-state index < -0.39 is 46.7 Å². The number of rotatable bonds is 21. The van der Waals surface area contributed by atoms with Crippen LogP contribution in [0.25, 0.3) is 11.1 Å². The number of carbonyl (C=O) groups is 4. The van der Waals surface area contributed by atoms with Crippen molar-refractivity contribution in [3.8, 4) is 16.9 Å². The van der Waals surface area contributed by atoms with Crippen LogP contribution in [0.5, 0.6) is 5.75 Å². The van der Waals surface area contributed by atoms with Crippen molar-refractivity contribution in [3.63, 3.8) is 0 Å². The fourth-order valence-corrected chi connectivity index (χ4v) is 7.56. The van der Waals surface area contributed by atoms with E-state index in [2.05, 4.69) is 55.8 Å². The van der Waals surface area contributed by atoms with Crippen molar-refractivity contribution in [2.45, 2.75) is 118 Å². The Labute approximate surface area is 399 Å². The highest BCUT2D eigenvalue weighted by Gasteiger charge is 2.38. The summed E-state index contributed by atoms with van der Waals surface area (Å²) >= 11 is 0. The molecule has 2 atom stereocenters. The number of methoxy groups -OCH3 is 1. The first-order chi connectivity index (χ1) is 31.4. The molecule has 0 spiro atoms. The van der Waals surface area contributed by atoms with Gasteiger partial charge in [0, 0.05) is 31.6 Å². The topological polar surface area (TPSA) is 130 Å². The van der Waals surface area contributed by atoms with E-state index >= 15 is 0 Å². The first-order valence-corrected chi connectivity index (χ1v) is 23.4. The molecule has 0 saturated carbocycles. The summed E-state index contributed by atoms with van der Waals surface area (Å²) in [4.78, 5) is 55.1. The van der Waals surface area contributed by atoms with Crippen LogP contribution in [0.15, 0.2) is 103 Å². The van der Waals surface area contributed by atoms with E-state index in [9.17, 15) is 19.2 Å². The van der Waals surface area contributed by atoms with Crippen LogP contribution in [0.4, 0.5) is 9.59 Å². The predicted octanol–water partition coefficient (Wildman–Crippen LogP) is 10.6. The third kappa shape index (κ3) is 19.9. The zero-order chi connectivity index (χ0) is 49.4. The van der Waals surface area contributed by atoms with Gasteiger partial charge in [-0.05, 0) is 122 Å². The number of ether oxygens (including phenoxy) is 5. The quantitative estimate of drug-likeness (QED) is 0.0376. The SMILES string of the molecule is COc1ccc(COC(=O)[C@H](Cc2ccccc2)[C@H](Cc2ccc(-c3ccc(C[N+](C)(C)CCCN(CCCNC(=O)OC(C)(C)C)C(=O)OC(C)(C)C)cc3)cc2)C(=O)OC(C)(C)C)cc1. The van der Waals surface area contributed by atoms with Crippen LogP contribution in [0, 0.1) is 11.8 Å². The molecule has 1 N–H and O–H groups in total. The minimum Gasteiger partial charge on any atom is -0.497 e. The van der Waals surface area contributed by atoms with Crippen LogP contribution in [0.2, 0.25) is 0 Å². The summed E-state index contributed by atoms with van der Waals surface area (Å²) in [5.74, 6) is -1.80. The van der Waals surface area contributed by atoms with E-state index in [0.717, 1.165) is 51.8 Å². The molecule has 0 radical (unpaired) electrons. The number of esters is 2. The molecule has 0 unspecified atom stereocenters. The number of benzene rings is 4. The molecule has 4 rings (SSSR count). The zero-order valence-electron chi connectivity index (χ0n) is 42.1. The minimum atomic E-state index is -0.803. The van der Waals surface area contributed by atoms with E-state index in [0.29, 0.717) is 38.2 Å². The molecule has 0 bridgehead atoms. The number of amides is 2. The van der Waals surface area contributed by atoms with Crippen molar-refractivity contribution in [1.29, 1.82) is 0 Å². The lowest BCUT2D eigenvalue weighted by Gasteiger charge is -2.32. The van der Waals surface area contributed by atoms with Crippen molar-refractivity contribution in [2.24, 2.45) is 11.8 Å². The molecule has 2 amide bonds. The second-order valence-corrected chi connectivity index (χ2v) is 20.9. The van der Waals surface area contributed by atoms with Crippen molar-refractivity contribution in [2.75, 3.05) is 47.4 Å². The van der Waals surface area contributed by atoms with Crippen molar-refractivity contribution >= 4 is 24.1 Å². The second-order valence-electron chi connectivity index (χ2n) is 20.9. The van der Waals surface area contributed by atoms with E-state index in [4.69, 9.17) is 23.7 Å². The van der Waals surface area contributed by atoms with Gasteiger partial charge in [0.15, 0.2) is 0 Å². The van der Waals surface area contributed by atoms with Crippen molar-refractivity contribution < 1.29 is 47.3 Å². The monoisotopic (exact) mass is 923 g/mol. The molecule has 0 aliphatic carbocycles. The number of hydrogen-bond donors (Lipinski definition) is 1. The van der Waals surface area contributed by atoms with Gasteiger partial charge in [-0.15, -0.1) is 0 Å². The zero-order valence-corrected chi connectivity index (χ0v) is 42.1. The van der Waals surface area contributed by atoms with Gasteiger partial charge in [-0.1, -0.05) is 91.0 Å². The van der Waals surface area contributed by atoms with Crippen LogP contribution >= 0.6 is 0 Å². The summed E-state index contributed by atoms with van der Waals surface area (Å²) in [5, 5.41) is 2.77. The average Bonchev–Trinajstić information content (AvgIpc) is 3.24. The Morgan fingerprint density at radius 2 is 1.07 bits per heavy atom. The standard InChI is InChI=1S/C55H75N3O9/c1-53(2,3)65-50(60)48(47(36-40-18-14-13-15-19-40)49(59)64-39-43-24-30-46(63-12)31-25-43)37-41-20-26-44(27-21-41)45-28-22-42(23-29-45)38-58(10,11)35-17-34-57(52(62)67-55(7,8)9)33-16-32-56-51(61)66-54(4,5)6/h13-15,18-31,47-48H,16-17,32-39H2,1-12H3/p+1/t47-,48+/m1/s1. The highest BCUT2D eigenvalue weighted by molar-refractivity contribution is 5.83. The van der Waals surface area contributed by atoms with Crippen LogP contribution in [-0.2, 0) is 54.5 Å². The molecular formula is C55H76N3O9+. The summed E-state index contributed by atoms with van der Waals surface area (Å²) in [6, 6.07) is 33.7. The number of alkyl carbamates (subject to hydrolysis) is 1. The van der Waals surface area contributed by atoms with Crippen molar-refractivity contribution in [1.82, 2.24) is 10.2 Å². The summed E-state index contributed by atoms with van der Waals surface area (Å²) in [7, 11) is 5.97. The van der Waals surface area contributed by atoms with Gasteiger partial charge in [0.1, 0.15) is 35.7 Å². The van der Waals surface area contributed by atoms with Gasteiger partial charge in [-0.25, -0.2) is 9.59 Å². The lowest BCUT2D eigenvalue weighted by molar-refractivity contribution is -0.903. The summed E-state index contributed by atoms with van der Waals surface area (Å²) in [6.07, 6.45) is 1.09. The third-order valence-electron chi connectivity index (χ3n) is 10.8. The van der Waals surface area contributed by atoms with Crippen molar-refractivity contribution in [3.05, 3.63) is 125 Å². The number of quaternary nitrogens is 1. The second kappa shape index (κ2) is 24.2. The fourth-order valence-electron chi connectivity index (χ4n) is 7.56. The van der Waals surface area contributed by atoms with Crippen LogP contribution < -0.4 is 10.1 Å². The smallest absolute Gasteiger partial charge is 0.410 e. The Balaban J connectivity index is 1.42. The molecule has 364 valence electrons. The van der Waals surface area contributed by atoms with Gasteiger partial charge >= 0.3 is 24.1 Å². The van der Waals surface area contributed by atoms with Gasteiger partial charge < -0.3 is 38.4 Å². The van der Waals surface area contributed by atoms with E-state index in [1.807, 2.05) is 129 Å². The lowest BCUT2D eigenvalue weighted by Crippen LogP contribution is -2.43. The first-order valence-electron chi connectivity index (χ1n) is 23.4. The molecule has 12 heteroatoms. The number of carbonyl (C=O) groups excluding carboxylic acids is 4. The normalized spacial score (nSPS) is 12.9. The molecule has 12 nitrogen and oxygen atoms in total. The Morgan fingerprint density at radius 3 is 1.61 bits per heavy atom. The van der Waals surface area contributed by atoms with E-state index in [1.54, 1.807) is 12.0 Å². The highest BCUT2D eigenvalue weighted by Crippen LogP contribution is 2.29. The summed E-state index contributed by atoms with van der Waals surface area (Å²) in [6.45, 7) is 19.6. The van der Waals surface area contributed by atoms with Gasteiger partial charge in [0.2, 0.25) is 0 Å². The molecule has 67 heavy (non-hydrogen) atoms. The van der Waals surface area contributed by atoms with E-state index in [-0.39, 0.29) is 19.1 Å². The Hall–Kier alpha value is -5.88. The Kier molecular flexibility index (Phi) is 19.4. The average molecular weight is 923 g/mol. The Morgan fingerprint density at radius 1 is 0.582 bits per heavy atom. The number of nitrogens with zero attached hydrogens (tertiary/aromatic N) is 2. The largest absolute Gasteiger partial charge is 0.497 e. The van der Waals surface area contributed by atoms with Crippen LogP contribution in [-0.4, -0.2) is 97.7 Å². The molecule has 0 heterocycles. The maximum absolute atomic E-state index is 14.0. The molecule has 4 aromatic carbocycles. The van der Waals surface area contributed by atoms with Gasteiger partial charge in [-0.3, -0.25) is 9.59 Å². The van der Waals surface area contributed by atoms with Gasteiger partial charge in [0.25, 0.3) is 0 Å². The highest BCUT2D eigenvalue weighted by atomic mass is 16.6. The molecule has 0 saturated heterocycles. The molecule has 0 fully saturated rings. The van der Waals surface area contributed by atoms with Crippen LogP contribution in [0.1, 0.15) is 97.4 Å². The van der Waals surface area contributed by atoms with Gasteiger partial charge in [0.05, 0.1) is 39.6 Å². The molecule has 4 aromatic rings. The third-order valence-corrected chi connectivity index (χ3v) is 10.8. The fraction of sp³-hybridized carbons (Fsp3) is 0.491. The molecular weight excluding hydrogens is 847 g/mol. The number of nitrogens with one attached hydrogen (secondary N) is 1. The van der Waals surface area contributed by atoms with Gasteiger partial charge in [-0.2, -0.15) is 0 Å². The molecule has 0 aliphatic heterocycles. The molecule has 0 aromatic heterocycles. The lowest BCUT2D eigenvalue weighted by atomic mass is 9.82. The maximum Gasteiger partial charge on any atom is 0.410 e. The predicted molar refractivity (Wildman–Crippen MR) is 263 cm³/mol. The van der Waals surface area contributed by atoms with Crippen LogP contribution in [0.3, 0.4) is 0 Å². The Bertz CT molecular complexity index is 2170. The summed E-state index contributed by atoms with van der Waals surface area (Å²) in [5.41, 5.74) is 3.95. The maximum atomic E-state index is 14.0.